The van der Waals surface area contributed by atoms with E-state index in [0.717, 1.165) is 26.3 Å². The van der Waals surface area contributed by atoms with Gasteiger partial charge in [0.1, 0.15) is 0 Å². The van der Waals surface area contributed by atoms with Crippen LogP contribution in [0.4, 0.5) is 0 Å². The lowest BCUT2D eigenvalue weighted by Gasteiger charge is -2.32. The minimum Gasteiger partial charge on any atom is -0.395 e. The summed E-state index contributed by atoms with van der Waals surface area (Å²) >= 11 is 0. The van der Waals surface area contributed by atoms with Crippen molar-refractivity contribution >= 4 is 0 Å². The molecule has 2 aromatic carbocycles. The van der Waals surface area contributed by atoms with Crippen molar-refractivity contribution in [1.82, 2.24) is 4.90 Å². The molecule has 0 aliphatic carbocycles. The molecule has 25 heavy (non-hydrogen) atoms. The molecule has 1 fully saturated rings. The maximum atomic E-state index is 9.05. The van der Waals surface area contributed by atoms with Gasteiger partial charge in [0.05, 0.1) is 25.9 Å². The molecule has 0 amide bonds. The third-order valence-corrected chi connectivity index (χ3v) is 4.54. The van der Waals surface area contributed by atoms with Gasteiger partial charge in [-0.3, -0.25) is 4.90 Å². The van der Waals surface area contributed by atoms with Gasteiger partial charge in [-0.15, -0.1) is 0 Å². The summed E-state index contributed by atoms with van der Waals surface area (Å²) in [6, 6.07) is 17.2. The summed E-state index contributed by atoms with van der Waals surface area (Å²) < 4.78 is 5.49. The van der Waals surface area contributed by atoms with Gasteiger partial charge in [0.15, 0.2) is 0 Å². The Balaban J connectivity index is 1.94. The molecule has 3 nitrogen and oxygen atoms in total. The summed E-state index contributed by atoms with van der Waals surface area (Å²) in [5.41, 5.74) is 4.95. The Kier molecular flexibility index (Phi) is 6.25. The van der Waals surface area contributed by atoms with Crippen molar-refractivity contribution in [1.29, 1.82) is 0 Å². The molecule has 1 atom stereocenters. The third-order valence-electron chi connectivity index (χ3n) is 4.54. The van der Waals surface area contributed by atoms with Crippen LogP contribution in [0.1, 0.15) is 23.6 Å². The zero-order valence-electron chi connectivity index (χ0n) is 14.7. The lowest BCUT2D eigenvalue weighted by atomic mass is 9.96. The second kappa shape index (κ2) is 8.82. The van der Waals surface area contributed by atoms with Crippen LogP contribution in [-0.2, 0) is 4.74 Å². The van der Waals surface area contributed by atoms with E-state index >= 15 is 0 Å². The fraction of sp³-hybridized carbons (Fsp3) is 0.364. The van der Waals surface area contributed by atoms with E-state index in [0.29, 0.717) is 6.42 Å². The van der Waals surface area contributed by atoms with E-state index in [1.54, 1.807) is 0 Å². The number of aliphatic hydroxyl groups is 1. The average molecular weight is 335 g/mol. The van der Waals surface area contributed by atoms with Crippen molar-refractivity contribution < 1.29 is 9.84 Å². The molecule has 1 unspecified atom stereocenters. The van der Waals surface area contributed by atoms with Crippen LogP contribution < -0.4 is 0 Å². The number of aliphatic hydroxyl groups excluding tert-OH is 1. The van der Waals surface area contributed by atoms with Crippen LogP contribution in [0.5, 0.6) is 0 Å². The summed E-state index contributed by atoms with van der Waals surface area (Å²) in [6.07, 6.45) is 0.512. The summed E-state index contributed by atoms with van der Waals surface area (Å²) in [5, 5.41) is 9.05. The fourth-order valence-electron chi connectivity index (χ4n) is 3.22. The van der Waals surface area contributed by atoms with Gasteiger partial charge >= 0.3 is 0 Å². The van der Waals surface area contributed by atoms with Crippen LogP contribution in [0.3, 0.4) is 0 Å². The van der Waals surface area contributed by atoms with Crippen LogP contribution in [0.2, 0.25) is 0 Å². The first kappa shape index (κ1) is 17.7. The average Bonchev–Trinajstić information content (AvgIpc) is 2.66. The molecule has 1 heterocycles. The molecule has 3 rings (SSSR count). The molecular weight excluding hydrogens is 310 g/mol. The van der Waals surface area contributed by atoms with E-state index in [1.165, 1.54) is 22.3 Å². The van der Waals surface area contributed by atoms with Crippen LogP contribution >= 0.6 is 0 Å². The predicted octanol–water partition coefficient (Wildman–Crippen LogP) is 3.42. The highest BCUT2D eigenvalue weighted by atomic mass is 16.5. The molecule has 0 spiro atoms. The summed E-state index contributed by atoms with van der Waals surface area (Å²) in [5.74, 6) is 6.48. The first-order valence-electron chi connectivity index (χ1n) is 8.86. The van der Waals surface area contributed by atoms with Crippen LogP contribution in [-0.4, -0.2) is 42.9 Å². The smallest absolute Gasteiger partial charge is 0.0972 e. The molecular formula is C22H25NO2. The molecule has 0 saturated carbocycles. The Morgan fingerprint density at radius 2 is 1.92 bits per heavy atom. The number of nitrogens with zero attached hydrogens (tertiary/aromatic N) is 1. The molecule has 1 N–H and O–H groups in total. The maximum absolute atomic E-state index is 9.05. The SMILES string of the molecule is Cc1ccccc1-c1cccc(C(C#CCCO)N2CCOCC2)c1. The number of hydrogen-bond donors (Lipinski definition) is 1. The number of morpholine rings is 1. The van der Waals surface area contributed by atoms with E-state index in [4.69, 9.17) is 9.84 Å². The Bertz CT molecular complexity index is 754. The number of hydrogen-bond acceptors (Lipinski definition) is 3. The molecule has 3 heteroatoms. The summed E-state index contributed by atoms with van der Waals surface area (Å²) in [6.45, 7) is 5.50. The van der Waals surface area contributed by atoms with Gasteiger partial charge in [0, 0.05) is 19.5 Å². The van der Waals surface area contributed by atoms with Gasteiger partial charge < -0.3 is 9.84 Å². The maximum Gasteiger partial charge on any atom is 0.0972 e. The summed E-state index contributed by atoms with van der Waals surface area (Å²) in [4.78, 5) is 2.37. The fourth-order valence-corrected chi connectivity index (χ4v) is 3.22. The van der Waals surface area contributed by atoms with Crippen LogP contribution in [0, 0.1) is 18.8 Å². The zero-order valence-corrected chi connectivity index (χ0v) is 14.7. The molecule has 0 radical (unpaired) electrons. The second-order valence-electron chi connectivity index (χ2n) is 6.29. The minimum atomic E-state index is 0.0411. The monoisotopic (exact) mass is 335 g/mol. The van der Waals surface area contributed by atoms with Crippen molar-refractivity contribution in [2.45, 2.75) is 19.4 Å². The van der Waals surface area contributed by atoms with E-state index in [1.807, 2.05) is 0 Å². The van der Waals surface area contributed by atoms with Crippen molar-refractivity contribution in [2.24, 2.45) is 0 Å². The van der Waals surface area contributed by atoms with Gasteiger partial charge in [0.25, 0.3) is 0 Å². The van der Waals surface area contributed by atoms with E-state index in [9.17, 15) is 0 Å². The summed E-state index contributed by atoms with van der Waals surface area (Å²) in [7, 11) is 0. The topological polar surface area (TPSA) is 32.7 Å². The van der Waals surface area contributed by atoms with Gasteiger partial charge in [-0.1, -0.05) is 54.3 Å². The first-order chi connectivity index (χ1) is 12.3. The minimum absolute atomic E-state index is 0.0411. The third kappa shape index (κ3) is 4.49. The molecule has 1 aliphatic heterocycles. The first-order valence-corrected chi connectivity index (χ1v) is 8.86. The number of ether oxygens (including phenoxy) is 1. The lowest BCUT2D eigenvalue weighted by molar-refractivity contribution is 0.0269. The van der Waals surface area contributed by atoms with Crippen LogP contribution in [0.15, 0.2) is 48.5 Å². The Hall–Kier alpha value is -2.12. The van der Waals surface area contributed by atoms with Gasteiger partial charge in [-0.05, 0) is 35.2 Å². The van der Waals surface area contributed by atoms with E-state index < -0.39 is 0 Å². The Morgan fingerprint density at radius 3 is 2.68 bits per heavy atom. The second-order valence-corrected chi connectivity index (χ2v) is 6.29. The quantitative estimate of drug-likeness (QED) is 0.869. The highest BCUT2D eigenvalue weighted by Crippen LogP contribution is 2.28. The predicted molar refractivity (Wildman–Crippen MR) is 101 cm³/mol. The van der Waals surface area contributed by atoms with Crippen molar-refractivity contribution in [3.8, 4) is 23.0 Å². The van der Waals surface area contributed by atoms with Crippen molar-refractivity contribution in [3.05, 3.63) is 59.7 Å². The number of benzene rings is 2. The molecule has 2 aromatic rings. The zero-order chi connectivity index (χ0) is 17.5. The van der Waals surface area contributed by atoms with E-state index in [-0.39, 0.29) is 12.6 Å². The highest BCUT2D eigenvalue weighted by molar-refractivity contribution is 5.68. The largest absolute Gasteiger partial charge is 0.395 e. The molecule has 130 valence electrons. The number of aryl methyl sites for hydroxylation is 1. The lowest BCUT2D eigenvalue weighted by Crippen LogP contribution is -2.38. The molecule has 0 aromatic heterocycles. The molecule has 1 saturated heterocycles. The molecule has 0 bridgehead atoms. The van der Waals surface area contributed by atoms with Crippen LogP contribution in [0.25, 0.3) is 11.1 Å². The van der Waals surface area contributed by atoms with Gasteiger partial charge in [-0.2, -0.15) is 0 Å². The standard InChI is InChI=1S/C22H25NO2/c1-18-7-2-3-10-21(18)19-8-6-9-20(17-19)22(11-4-5-14-24)23-12-15-25-16-13-23/h2-3,6-10,17,22,24H,5,12-16H2,1H3. The normalized spacial score (nSPS) is 16.1. The van der Waals surface area contributed by atoms with Crippen molar-refractivity contribution in [3.63, 3.8) is 0 Å². The Morgan fingerprint density at radius 1 is 1.12 bits per heavy atom. The number of rotatable bonds is 4. The van der Waals surface area contributed by atoms with Gasteiger partial charge in [0.2, 0.25) is 0 Å². The van der Waals surface area contributed by atoms with Gasteiger partial charge in [-0.25, -0.2) is 0 Å². The Labute approximate surface area is 150 Å². The van der Waals surface area contributed by atoms with Crippen molar-refractivity contribution in [2.75, 3.05) is 32.9 Å². The molecule has 1 aliphatic rings. The van der Waals surface area contributed by atoms with E-state index in [2.05, 4.69) is 72.2 Å². The highest BCUT2D eigenvalue weighted by Gasteiger charge is 2.21.